The van der Waals surface area contributed by atoms with Gasteiger partial charge in [-0.1, -0.05) is 0 Å². The highest BCUT2D eigenvalue weighted by Crippen LogP contribution is 2.14. The predicted octanol–water partition coefficient (Wildman–Crippen LogP) is 2.40. The fraction of sp³-hybridized carbons (Fsp3) is 0.167. The number of carbonyl (C=O) groups is 2. The van der Waals surface area contributed by atoms with Gasteiger partial charge in [-0.2, -0.15) is 4.98 Å². The molecule has 0 aliphatic rings. The van der Waals surface area contributed by atoms with E-state index < -0.39 is 0 Å². The lowest BCUT2D eigenvalue weighted by Crippen LogP contribution is -2.19. The van der Waals surface area contributed by atoms with Crippen molar-refractivity contribution in [3.8, 4) is 0 Å². The lowest BCUT2D eigenvalue weighted by Gasteiger charge is -2.07. The Hall–Kier alpha value is -1.74. The van der Waals surface area contributed by atoms with E-state index in [1.165, 1.54) is 11.6 Å². The van der Waals surface area contributed by atoms with Gasteiger partial charge in [-0.25, -0.2) is 4.68 Å². The summed E-state index contributed by atoms with van der Waals surface area (Å²) >= 11 is 6.33. The van der Waals surface area contributed by atoms with Gasteiger partial charge in [0.05, 0.1) is 0 Å². The monoisotopic (exact) mass is 415 g/mol. The molecule has 2 rings (SSSR count). The van der Waals surface area contributed by atoms with Crippen LogP contribution in [0.5, 0.6) is 0 Å². The number of aromatic nitrogens is 3. The maximum absolute atomic E-state index is 11.9. The van der Waals surface area contributed by atoms with Crippen molar-refractivity contribution >= 4 is 55.0 Å². The zero-order valence-corrected chi connectivity index (χ0v) is 14.1. The first kappa shape index (κ1) is 15.6. The molecule has 1 heterocycles. The number of anilines is 2. The molecule has 7 nitrogen and oxygen atoms in total. The number of amides is 2. The van der Waals surface area contributed by atoms with Crippen LogP contribution in [0.1, 0.15) is 6.92 Å². The van der Waals surface area contributed by atoms with Crippen LogP contribution in [0, 0.1) is 0 Å². The molecule has 2 amide bonds. The molecule has 1 aromatic heterocycles. The zero-order chi connectivity index (χ0) is 15.4. The van der Waals surface area contributed by atoms with E-state index in [1.807, 2.05) is 0 Å². The Morgan fingerprint density at radius 1 is 1.14 bits per heavy atom. The van der Waals surface area contributed by atoms with E-state index in [2.05, 4.69) is 52.6 Å². The number of nitrogens with zero attached hydrogens (tertiary/aromatic N) is 3. The summed E-state index contributed by atoms with van der Waals surface area (Å²) in [4.78, 5) is 26.8. The van der Waals surface area contributed by atoms with Gasteiger partial charge < -0.3 is 10.6 Å². The maximum atomic E-state index is 11.9. The predicted molar refractivity (Wildman–Crippen MR) is 84.8 cm³/mol. The van der Waals surface area contributed by atoms with Gasteiger partial charge in [0.25, 0.3) is 0 Å². The molecule has 0 aliphatic heterocycles. The largest absolute Gasteiger partial charge is 0.326 e. The van der Waals surface area contributed by atoms with E-state index in [9.17, 15) is 9.59 Å². The third-order valence-electron chi connectivity index (χ3n) is 2.38. The van der Waals surface area contributed by atoms with Crippen LogP contribution < -0.4 is 10.6 Å². The summed E-state index contributed by atoms with van der Waals surface area (Å²) < 4.78 is 2.29. The van der Waals surface area contributed by atoms with Crippen molar-refractivity contribution in [1.29, 1.82) is 0 Å². The van der Waals surface area contributed by atoms with Crippen molar-refractivity contribution < 1.29 is 9.59 Å². The van der Waals surface area contributed by atoms with Crippen molar-refractivity contribution in [2.75, 3.05) is 10.6 Å². The van der Waals surface area contributed by atoms with Gasteiger partial charge in [0.15, 0.2) is 4.73 Å². The van der Waals surface area contributed by atoms with Crippen LogP contribution in [0.2, 0.25) is 0 Å². The maximum Gasteiger partial charge on any atom is 0.246 e. The third kappa shape index (κ3) is 4.64. The molecule has 0 saturated heterocycles. The Bertz CT molecular complexity index is 669. The Morgan fingerprint density at radius 2 is 1.71 bits per heavy atom. The standard InChI is InChI=1S/C12H11Br2N5O2/c1-7(20)15-8-2-4-9(5-3-8)16-10(21)6-19-12(14)17-11(13)18-19/h2-5H,6H2,1H3,(H,15,20)(H,16,21). The van der Waals surface area contributed by atoms with E-state index in [1.54, 1.807) is 24.3 Å². The van der Waals surface area contributed by atoms with Crippen LogP contribution in [0.3, 0.4) is 0 Å². The minimum Gasteiger partial charge on any atom is -0.326 e. The summed E-state index contributed by atoms with van der Waals surface area (Å²) in [6.07, 6.45) is 0. The van der Waals surface area contributed by atoms with Gasteiger partial charge >= 0.3 is 0 Å². The molecular formula is C12H11Br2N5O2. The smallest absolute Gasteiger partial charge is 0.246 e. The summed E-state index contributed by atoms with van der Waals surface area (Å²) in [5.41, 5.74) is 1.30. The fourth-order valence-corrected chi connectivity index (χ4v) is 2.54. The lowest BCUT2D eigenvalue weighted by atomic mass is 10.2. The highest BCUT2D eigenvalue weighted by molar-refractivity contribution is 9.11. The summed E-state index contributed by atoms with van der Waals surface area (Å²) in [6.45, 7) is 1.47. The molecule has 110 valence electrons. The molecule has 0 bridgehead atoms. The van der Waals surface area contributed by atoms with Crippen molar-refractivity contribution in [2.45, 2.75) is 13.5 Å². The van der Waals surface area contributed by atoms with Gasteiger partial charge in [-0.3, -0.25) is 9.59 Å². The SMILES string of the molecule is CC(=O)Nc1ccc(NC(=O)Cn2nc(Br)nc2Br)cc1. The normalized spacial score (nSPS) is 10.2. The van der Waals surface area contributed by atoms with Crippen LogP contribution >= 0.6 is 31.9 Å². The second-order valence-corrected chi connectivity index (χ2v) is 5.53. The Labute approximate surface area is 137 Å². The van der Waals surface area contributed by atoms with Crippen molar-refractivity contribution in [2.24, 2.45) is 0 Å². The summed E-state index contributed by atoms with van der Waals surface area (Å²) in [5, 5.41) is 9.39. The van der Waals surface area contributed by atoms with Crippen molar-refractivity contribution in [1.82, 2.24) is 14.8 Å². The van der Waals surface area contributed by atoms with E-state index >= 15 is 0 Å². The number of benzene rings is 1. The number of rotatable bonds is 4. The molecule has 0 unspecified atom stereocenters. The lowest BCUT2D eigenvalue weighted by molar-refractivity contribution is -0.117. The molecule has 2 aromatic rings. The Morgan fingerprint density at radius 3 is 2.19 bits per heavy atom. The topological polar surface area (TPSA) is 88.9 Å². The molecule has 0 aliphatic carbocycles. The van der Waals surface area contributed by atoms with Crippen LogP contribution in [0.15, 0.2) is 33.7 Å². The number of halogens is 2. The molecule has 0 saturated carbocycles. The highest BCUT2D eigenvalue weighted by atomic mass is 79.9. The van der Waals surface area contributed by atoms with Crippen LogP contribution in [0.25, 0.3) is 0 Å². The van der Waals surface area contributed by atoms with E-state index in [4.69, 9.17) is 0 Å². The second-order valence-electron chi connectivity index (χ2n) is 4.11. The molecule has 9 heteroatoms. The Balaban J connectivity index is 1.96. The van der Waals surface area contributed by atoms with Gasteiger partial charge in [-0.05, 0) is 56.1 Å². The minimum atomic E-state index is -0.236. The molecule has 2 N–H and O–H groups in total. The number of nitrogens with one attached hydrogen (secondary N) is 2. The molecule has 0 spiro atoms. The van der Waals surface area contributed by atoms with Crippen LogP contribution in [-0.2, 0) is 16.1 Å². The second kappa shape index (κ2) is 6.81. The summed E-state index contributed by atoms with van der Waals surface area (Å²) in [7, 11) is 0. The number of hydrogen-bond acceptors (Lipinski definition) is 4. The molecule has 1 aromatic carbocycles. The summed E-state index contributed by atoms with van der Waals surface area (Å²) in [6, 6.07) is 6.82. The number of hydrogen-bond donors (Lipinski definition) is 2. The van der Waals surface area contributed by atoms with Gasteiger partial charge in [0.1, 0.15) is 6.54 Å². The fourth-order valence-electron chi connectivity index (χ4n) is 1.57. The average Bonchev–Trinajstić information content (AvgIpc) is 2.69. The first-order valence-electron chi connectivity index (χ1n) is 5.87. The van der Waals surface area contributed by atoms with E-state index in [0.29, 0.717) is 20.8 Å². The van der Waals surface area contributed by atoms with Gasteiger partial charge in [-0.15, -0.1) is 5.10 Å². The van der Waals surface area contributed by atoms with E-state index in [-0.39, 0.29) is 18.4 Å². The first-order valence-corrected chi connectivity index (χ1v) is 7.46. The van der Waals surface area contributed by atoms with Crippen LogP contribution in [-0.4, -0.2) is 26.6 Å². The van der Waals surface area contributed by atoms with Crippen LogP contribution in [0.4, 0.5) is 11.4 Å². The first-order chi connectivity index (χ1) is 9.94. The van der Waals surface area contributed by atoms with Crippen molar-refractivity contribution in [3.63, 3.8) is 0 Å². The third-order valence-corrected chi connectivity index (χ3v) is 3.31. The molecule has 0 radical (unpaired) electrons. The molecule has 21 heavy (non-hydrogen) atoms. The van der Waals surface area contributed by atoms with Gasteiger partial charge in [0, 0.05) is 18.3 Å². The molecule has 0 fully saturated rings. The minimum absolute atomic E-state index is 0.0344. The van der Waals surface area contributed by atoms with Crippen molar-refractivity contribution in [3.05, 3.63) is 33.7 Å². The number of carbonyl (C=O) groups excluding carboxylic acids is 2. The highest BCUT2D eigenvalue weighted by Gasteiger charge is 2.10. The summed E-state index contributed by atoms with van der Waals surface area (Å²) in [5.74, 6) is -0.381. The average molecular weight is 417 g/mol. The van der Waals surface area contributed by atoms with Gasteiger partial charge in [0.2, 0.25) is 16.5 Å². The Kier molecular flexibility index (Phi) is 5.07. The molecule has 0 atom stereocenters. The molecular weight excluding hydrogens is 406 g/mol. The van der Waals surface area contributed by atoms with E-state index in [0.717, 1.165) is 0 Å². The zero-order valence-electron chi connectivity index (χ0n) is 10.9. The quantitative estimate of drug-likeness (QED) is 0.800.